The van der Waals surface area contributed by atoms with Crippen LogP contribution >= 0.6 is 0 Å². The minimum absolute atomic E-state index is 0.0690. The molecule has 9 nitrogen and oxygen atoms in total. The molecule has 5 N–H and O–H groups in total. The Morgan fingerprint density at radius 2 is 1.91 bits per heavy atom. The number of benzene rings is 1. The molecule has 1 aliphatic rings. The maximum atomic E-state index is 13.1. The van der Waals surface area contributed by atoms with Crippen LogP contribution in [0.1, 0.15) is 21.6 Å². The van der Waals surface area contributed by atoms with E-state index in [1.807, 2.05) is 31.2 Å². The molecule has 32 heavy (non-hydrogen) atoms. The van der Waals surface area contributed by atoms with E-state index in [9.17, 15) is 4.79 Å². The molecule has 4 rings (SSSR count). The molecule has 0 bridgehead atoms. The average molecular weight is 434 g/mol. The van der Waals surface area contributed by atoms with E-state index in [-0.39, 0.29) is 11.5 Å². The van der Waals surface area contributed by atoms with Crippen molar-refractivity contribution in [1.82, 2.24) is 15.0 Å². The molecule has 1 saturated heterocycles. The van der Waals surface area contributed by atoms with Gasteiger partial charge in [0.25, 0.3) is 5.91 Å². The number of nitrogens with zero attached hydrogens (tertiary/aromatic N) is 4. The summed E-state index contributed by atoms with van der Waals surface area (Å²) in [6, 6.07) is 7.86. The summed E-state index contributed by atoms with van der Waals surface area (Å²) in [6.45, 7) is 5.32. The molecule has 0 spiro atoms. The number of nitrogens with one attached hydrogen (secondary N) is 1. The molecular formula is C23H27N7O2. The van der Waals surface area contributed by atoms with Crippen molar-refractivity contribution in [3.8, 4) is 11.3 Å². The Balaban J connectivity index is 1.60. The Morgan fingerprint density at radius 1 is 1.16 bits per heavy atom. The van der Waals surface area contributed by atoms with Crippen LogP contribution in [0.15, 0.2) is 42.9 Å². The lowest BCUT2D eigenvalue weighted by atomic mass is 10.1. The van der Waals surface area contributed by atoms with Crippen LogP contribution in [0.25, 0.3) is 11.3 Å². The summed E-state index contributed by atoms with van der Waals surface area (Å²) in [7, 11) is 0. The van der Waals surface area contributed by atoms with Crippen LogP contribution in [0.2, 0.25) is 0 Å². The Morgan fingerprint density at radius 3 is 2.62 bits per heavy atom. The second-order valence-corrected chi connectivity index (χ2v) is 7.63. The van der Waals surface area contributed by atoms with Gasteiger partial charge in [-0.15, -0.1) is 0 Å². The van der Waals surface area contributed by atoms with Gasteiger partial charge < -0.3 is 26.4 Å². The van der Waals surface area contributed by atoms with E-state index in [4.69, 9.17) is 16.2 Å². The molecule has 3 heterocycles. The van der Waals surface area contributed by atoms with E-state index < -0.39 is 5.91 Å². The van der Waals surface area contributed by atoms with Gasteiger partial charge in [0.2, 0.25) is 0 Å². The Hall–Kier alpha value is -3.56. The van der Waals surface area contributed by atoms with Gasteiger partial charge in [0.05, 0.1) is 42.7 Å². The van der Waals surface area contributed by atoms with E-state index in [1.165, 1.54) is 0 Å². The van der Waals surface area contributed by atoms with Crippen molar-refractivity contribution in [2.24, 2.45) is 5.73 Å². The Kier molecular flexibility index (Phi) is 6.58. The molecule has 1 fully saturated rings. The lowest BCUT2D eigenvalue weighted by Gasteiger charge is -2.31. The highest BCUT2D eigenvalue weighted by Gasteiger charge is 2.21. The number of ether oxygens (including phenoxy) is 1. The fourth-order valence-electron chi connectivity index (χ4n) is 3.75. The first-order valence-corrected chi connectivity index (χ1v) is 10.6. The van der Waals surface area contributed by atoms with E-state index in [0.29, 0.717) is 31.1 Å². The summed E-state index contributed by atoms with van der Waals surface area (Å²) < 4.78 is 5.46. The number of anilines is 3. The SMILES string of the molecule is Cc1cncc(NC(=O)c2nc(-c3ccc(CCN)cc3)cnc2N)c1N1CCOCC1. The maximum Gasteiger partial charge on any atom is 0.278 e. The zero-order chi connectivity index (χ0) is 22.5. The first-order chi connectivity index (χ1) is 15.6. The van der Waals surface area contributed by atoms with Gasteiger partial charge in [-0.1, -0.05) is 24.3 Å². The molecule has 1 amide bonds. The summed E-state index contributed by atoms with van der Waals surface area (Å²) >= 11 is 0. The summed E-state index contributed by atoms with van der Waals surface area (Å²) in [5, 5.41) is 2.93. The number of nitrogens with two attached hydrogens (primary N) is 2. The normalized spacial score (nSPS) is 13.8. The van der Waals surface area contributed by atoms with Crippen molar-refractivity contribution in [1.29, 1.82) is 0 Å². The standard InChI is InChI=1S/C23H27N7O2/c1-15-12-26-13-19(21(15)30-8-10-32-11-9-30)29-23(31)20-22(25)27-14-18(28-20)17-4-2-16(3-5-17)6-7-24/h2-5,12-14H,6-11,24H2,1H3,(H2,25,27)(H,29,31). The third-order valence-corrected chi connectivity index (χ3v) is 5.37. The number of pyridine rings is 1. The Bertz CT molecular complexity index is 1100. The molecule has 0 radical (unpaired) electrons. The van der Waals surface area contributed by atoms with Gasteiger partial charge >= 0.3 is 0 Å². The van der Waals surface area contributed by atoms with Crippen LogP contribution < -0.4 is 21.7 Å². The molecule has 0 unspecified atom stereocenters. The second kappa shape index (κ2) is 9.71. The number of hydrogen-bond acceptors (Lipinski definition) is 8. The van der Waals surface area contributed by atoms with Crippen LogP contribution in [-0.2, 0) is 11.2 Å². The fourth-order valence-corrected chi connectivity index (χ4v) is 3.75. The highest BCUT2D eigenvalue weighted by atomic mass is 16.5. The number of carbonyl (C=O) groups excluding carboxylic acids is 1. The second-order valence-electron chi connectivity index (χ2n) is 7.63. The van der Waals surface area contributed by atoms with Gasteiger partial charge in [-0.25, -0.2) is 9.97 Å². The monoisotopic (exact) mass is 433 g/mol. The number of aryl methyl sites for hydroxylation is 1. The van der Waals surface area contributed by atoms with Gasteiger partial charge in [0.15, 0.2) is 11.5 Å². The van der Waals surface area contributed by atoms with Gasteiger partial charge in [0, 0.05) is 24.8 Å². The molecule has 0 saturated carbocycles. The molecule has 2 aromatic heterocycles. The zero-order valence-electron chi connectivity index (χ0n) is 18.0. The quantitative estimate of drug-likeness (QED) is 0.538. The maximum absolute atomic E-state index is 13.1. The van der Waals surface area contributed by atoms with Crippen LogP contribution in [0.3, 0.4) is 0 Å². The summed E-state index contributed by atoms with van der Waals surface area (Å²) in [6.07, 6.45) is 5.79. The largest absolute Gasteiger partial charge is 0.382 e. The number of nitrogen functional groups attached to an aromatic ring is 1. The predicted molar refractivity (Wildman–Crippen MR) is 125 cm³/mol. The first kappa shape index (κ1) is 21.7. The number of hydrogen-bond donors (Lipinski definition) is 3. The zero-order valence-corrected chi connectivity index (χ0v) is 18.0. The smallest absolute Gasteiger partial charge is 0.278 e. The molecule has 0 atom stereocenters. The minimum Gasteiger partial charge on any atom is -0.382 e. The van der Waals surface area contributed by atoms with E-state index >= 15 is 0 Å². The summed E-state index contributed by atoms with van der Waals surface area (Å²) in [5.74, 6) is -0.363. The molecular weight excluding hydrogens is 406 g/mol. The van der Waals surface area contributed by atoms with Crippen molar-refractivity contribution < 1.29 is 9.53 Å². The van der Waals surface area contributed by atoms with Crippen molar-refractivity contribution in [2.75, 3.05) is 48.8 Å². The number of amides is 1. The van der Waals surface area contributed by atoms with Gasteiger partial charge in [-0.2, -0.15) is 0 Å². The minimum atomic E-state index is -0.432. The van der Waals surface area contributed by atoms with Gasteiger partial charge in [-0.05, 0) is 31.0 Å². The van der Waals surface area contributed by atoms with E-state index in [2.05, 4.69) is 25.2 Å². The van der Waals surface area contributed by atoms with E-state index in [0.717, 1.165) is 41.9 Å². The van der Waals surface area contributed by atoms with Crippen molar-refractivity contribution in [3.05, 3.63) is 59.7 Å². The highest BCUT2D eigenvalue weighted by molar-refractivity contribution is 6.07. The molecule has 0 aliphatic carbocycles. The van der Waals surface area contributed by atoms with Crippen LogP contribution in [0.5, 0.6) is 0 Å². The van der Waals surface area contributed by atoms with Crippen LogP contribution in [0.4, 0.5) is 17.2 Å². The first-order valence-electron chi connectivity index (χ1n) is 10.6. The van der Waals surface area contributed by atoms with Crippen molar-refractivity contribution >= 4 is 23.1 Å². The summed E-state index contributed by atoms with van der Waals surface area (Å²) in [4.78, 5) is 28.3. The molecule has 166 valence electrons. The third kappa shape index (κ3) is 4.68. The summed E-state index contributed by atoms with van der Waals surface area (Å²) in [5.41, 5.74) is 16.7. The topological polar surface area (TPSA) is 132 Å². The molecule has 3 aromatic rings. The van der Waals surface area contributed by atoms with Gasteiger partial charge in [-0.3, -0.25) is 9.78 Å². The fraction of sp³-hybridized carbons (Fsp3) is 0.304. The number of aromatic nitrogens is 3. The van der Waals surface area contributed by atoms with Gasteiger partial charge in [0.1, 0.15) is 0 Å². The molecule has 1 aliphatic heterocycles. The third-order valence-electron chi connectivity index (χ3n) is 5.37. The number of morpholine rings is 1. The predicted octanol–water partition coefficient (Wildman–Crippen LogP) is 2.02. The average Bonchev–Trinajstić information content (AvgIpc) is 2.81. The number of carbonyl (C=O) groups is 1. The Labute approximate surface area is 186 Å². The molecule has 9 heteroatoms. The highest BCUT2D eigenvalue weighted by Crippen LogP contribution is 2.30. The lowest BCUT2D eigenvalue weighted by Crippen LogP contribution is -2.37. The van der Waals surface area contributed by atoms with Crippen LogP contribution in [0, 0.1) is 6.92 Å². The molecule has 1 aromatic carbocycles. The lowest BCUT2D eigenvalue weighted by molar-refractivity contribution is 0.102. The van der Waals surface area contributed by atoms with Crippen molar-refractivity contribution in [3.63, 3.8) is 0 Å². The van der Waals surface area contributed by atoms with Crippen molar-refractivity contribution in [2.45, 2.75) is 13.3 Å². The van der Waals surface area contributed by atoms with E-state index in [1.54, 1.807) is 18.6 Å². The number of rotatable bonds is 6. The van der Waals surface area contributed by atoms with Crippen LogP contribution in [-0.4, -0.2) is 53.7 Å².